The molecule has 8 heteroatoms. The summed E-state index contributed by atoms with van der Waals surface area (Å²) in [4.78, 5) is 40.8. The lowest BCUT2D eigenvalue weighted by atomic mass is 10.2. The zero-order chi connectivity index (χ0) is 17.1. The highest BCUT2D eigenvalue weighted by atomic mass is 16.3. The highest BCUT2D eigenvalue weighted by Gasteiger charge is 2.22. The zero-order valence-electron chi connectivity index (χ0n) is 13.0. The Balaban J connectivity index is 1.62. The van der Waals surface area contributed by atoms with E-state index in [4.69, 9.17) is 0 Å². The van der Waals surface area contributed by atoms with Crippen molar-refractivity contribution in [1.29, 1.82) is 0 Å². The molecule has 1 fully saturated rings. The van der Waals surface area contributed by atoms with Gasteiger partial charge in [0.2, 0.25) is 5.91 Å². The van der Waals surface area contributed by atoms with Gasteiger partial charge in [-0.05, 0) is 12.1 Å². The highest BCUT2D eigenvalue weighted by molar-refractivity contribution is 5.76. The van der Waals surface area contributed by atoms with Gasteiger partial charge in [-0.3, -0.25) is 19.1 Å². The molecule has 1 amide bonds. The van der Waals surface area contributed by atoms with Crippen molar-refractivity contribution in [2.75, 3.05) is 31.1 Å². The summed E-state index contributed by atoms with van der Waals surface area (Å²) in [6.07, 6.45) is 1.32. The number of hydrogen-bond acceptors (Lipinski definition) is 5. The maximum Gasteiger partial charge on any atom is 0.328 e. The maximum absolute atomic E-state index is 12.3. The first-order valence-electron chi connectivity index (χ1n) is 7.65. The molecule has 0 aliphatic carbocycles. The van der Waals surface area contributed by atoms with E-state index in [1.807, 2.05) is 17.0 Å². The average molecular weight is 330 g/mol. The first-order chi connectivity index (χ1) is 11.5. The Morgan fingerprint density at radius 1 is 1.08 bits per heavy atom. The predicted molar refractivity (Wildman–Crippen MR) is 88.2 cm³/mol. The van der Waals surface area contributed by atoms with E-state index in [0.717, 1.165) is 5.69 Å². The van der Waals surface area contributed by atoms with Gasteiger partial charge in [0.15, 0.2) is 0 Å². The van der Waals surface area contributed by atoms with Gasteiger partial charge in [-0.15, -0.1) is 0 Å². The number of phenols is 1. The number of benzene rings is 1. The smallest absolute Gasteiger partial charge is 0.328 e. The van der Waals surface area contributed by atoms with Crippen LogP contribution >= 0.6 is 0 Å². The van der Waals surface area contributed by atoms with Crippen LogP contribution in [-0.2, 0) is 11.3 Å². The van der Waals surface area contributed by atoms with Crippen molar-refractivity contribution < 1.29 is 9.90 Å². The van der Waals surface area contributed by atoms with E-state index in [-0.39, 0.29) is 18.2 Å². The summed E-state index contributed by atoms with van der Waals surface area (Å²) in [5, 5.41) is 9.90. The van der Waals surface area contributed by atoms with E-state index in [0.29, 0.717) is 26.2 Å². The molecule has 2 heterocycles. The van der Waals surface area contributed by atoms with Gasteiger partial charge in [-0.2, -0.15) is 0 Å². The summed E-state index contributed by atoms with van der Waals surface area (Å²) in [5.74, 6) is 0.0400. The molecule has 0 radical (unpaired) electrons. The Morgan fingerprint density at radius 2 is 1.79 bits per heavy atom. The van der Waals surface area contributed by atoms with Crippen molar-refractivity contribution in [2.45, 2.75) is 6.54 Å². The third-order valence-corrected chi connectivity index (χ3v) is 4.06. The molecular formula is C16H18N4O4. The Labute approximate surface area is 137 Å². The Bertz CT molecular complexity index is 849. The van der Waals surface area contributed by atoms with Crippen molar-refractivity contribution in [3.63, 3.8) is 0 Å². The standard InChI is InChI=1S/C16H18N4O4/c21-13-4-2-1-3-12(13)18-7-9-19(10-8-18)15(23)11-20-6-5-14(22)17-16(20)24/h1-6,21H,7-11H2,(H,17,22,24). The van der Waals surface area contributed by atoms with E-state index >= 15 is 0 Å². The molecule has 1 aliphatic heterocycles. The molecule has 0 unspecified atom stereocenters. The van der Waals surface area contributed by atoms with E-state index in [1.54, 1.807) is 17.0 Å². The summed E-state index contributed by atoms with van der Waals surface area (Å²) >= 11 is 0. The van der Waals surface area contributed by atoms with Crippen LogP contribution in [0.2, 0.25) is 0 Å². The number of anilines is 1. The Morgan fingerprint density at radius 3 is 2.46 bits per heavy atom. The van der Waals surface area contributed by atoms with Crippen LogP contribution in [0.4, 0.5) is 5.69 Å². The number of nitrogens with one attached hydrogen (secondary N) is 1. The molecule has 0 bridgehead atoms. The number of nitrogens with zero attached hydrogens (tertiary/aromatic N) is 3. The molecule has 2 N–H and O–H groups in total. The maximum atomic E-state index is 12.3. The minimum atomic E-state index is -0.594. The molecule has 0 saturated carbocycles. The molecule has 126 valence electrons. The van der Waals surface area contributed by atoms with Gasteiger partial charge >= 0.3 is 5.69 Å². The second-order valence-corrected chi connectivity index (χ2v) is 5.59. The number of carbonyl (C=O) groups is 1. The molecule has 1 aromatic carbocycles. The fourth-order valence-corrected chi connectivity index (χ4v) is 2.74. The number of phenolic OH excluding ortho intramolecular Hbond substituents is 1. The largest absolute Gasteiger partial charge is 0.506 e. The number of carbonyl (C=O) groups excluding carboxylic acids is 1. The lowest BCUT2D eigenvalue weighted by molar-refractivity contribution is -0.132. The number of hydrogen-bond donors (Lipinski definition) is 2. The molecule has 8 nitrogen and oxygen atoms in total. The normalized spacial score (nSPS) is 14.7. The molecule has 0 atom stereocenters. The number of amides is 1. The second-order valence-electron chi connectivity index (χ2n) is 5.59. The number of aromatic amines is 1. The van der Waals surface area contributed by atoms with Crippen molar-refractivity contribution in [3.05, 3.63) is 57.4 Å². The molecule has 2 aromatic rings. The van der Waals surface area contributed by atoms with Gasteiger partial charge in [-0.25, -0.2) is 4.79 Å². The summed E-state index contributed by atoms with van der Waals surface area (Å²) in [6, 6.07) is 8.31. The molecule has 1 aliphatic rings. The number of rotatable bonds is 3. The highest BCUT2D eigenvalue weighted by Crippen LogP contribution is 2.27. The van der Waals surface area contributed by atoms with E-state index in [2.05, 4.69) is 4.98 Å². The van der Waals surface area contributed by atoms with E-state index in [9.17, 15) is 19.5 Å². The minimum Gasteiger partial charge on any atom is -0.506 e. The minimum absolute atomic E-state index is 0.105. The van der Waals surface area contributed by atoms with Crippen molar-refractivity contribution in [2.24, 2.45) is 0 Å². The van der Waals surface area contributed by atoms with Crippen LogP contribution in [0.1, 0.15) is 0 Å². The Kier molecular flexibility index (Phi) is 4.37. The van der Waals surface area contributed by atoms with Crippen molar-refractivity contribution in [3.8, 4) is 5.75 Å². The summed E-state index contributed by atoms with van der Waals surface area (Å²) < 4.78 is 1.18. The fraction of sp³-hybridized carbons (Fsp3) is 0.312. The van der Waals surface area contributed by atoms with Crippen LogP contribution in [0.15, 0.2) is 46.1 Å². The molecule has 0 spiro atoms. The van der Waals surface area contributed by atoms with Gasteiger partial charge in [0.1, 0.15) is 12.3 Å². The van der Waals surface area contributed by atoms with Crippen LogP contribution in [0.3, 0.4) is 0 Å². The van der Waals surface area contributed by atoms with Gasteiger partial charge in [-0.1, -0.05) is 12.1 Å². The number of piperazine rings is 1. The van der Waals surface area contributed by atoms with Crippen LogP contribution in [0, 0.1) is 0 Å². The second kappa shape index (κ2) is 6.61. The molecule has 3 rings (SSSR count). The molecular weight excluding hydrogens is 312 g/mol. The lowest BCUT2D eigenvalue weighted by Crippen LogP contribution is -2.50. The summed E-state index contributed by atoms with van der Waals surface area (Å²) in [5.41, 5.74) is -0.329. The third-order valence-electron chi connectivity index (χ3n) is 4.06. The first-order valence-corrected chi connectivity index (χ1v) is 7.65. The van der Waals surface area contributed by atoms with E-state index < -0.39 is 11.2 Å². The monoisotopic (exact) mass is 330 g/mol. The van der Waals surface area contributed by atoms with Crippen molar-refractivity contribution >= 4 is 11.6 Å². The topological polar surface area (TPSA) is 98.6 Å². The molecule has 1 saturated heterocycles. The van der Waals surface area contributed by atoms with E-state index in [1.165, 1.54) is 16.8 Å². The number of aromatic hydroxyl groups is 1. The predicted octanol–water partition coefficient (Wildman–Crippen LogP) is -0.409. The zero-order valence-corrected chi connectivity index (χ0v) is 13.0. The van der Waals surface area contributed by atoms with Gasteiger partial charge < -0.3 is 14.9 Å². The quantitative estimate of drug-likeness (QED) is 0.797. The number of H-pyrrole nitrogens is 1. The van der Waals surface area contributed by atoms with Gasteiger partial charge in [0.25, 0.3) is 5.56 Å². The summed E-state index contributed by atoms with van der Waals surface area (Å²) in [7, 11) is 0. The number of para-hydroxylation sites is 2. The van der Waals surface area contributed by atoms with Crippen LogP contribution in [0.5, 0.6) is 5.75 Å². The first kappa shape index (κ1) is 15.9. The van der Waals surface area contributed by atoms with Crippen LogP contribution in [-0.4, -0.2) is 51.6 Å². The van der Waals surface area contributed by atoms with Gasteiger partial charge in [0.05, 0.1) is 5.69 Å². The van der Waals surface area contributed by atoms with Crippen LogP contribution < -0.4 is 16.1 Å². The SMILES string of the molecule is O=C(Cn1ccc(=O)[nH]c1=O)N1CCN(c2ccccc2O)CC1. The molecule has 1 aromatic heterocycles. The molecule has 24 heavy (non-hydrogen) atoms. The average Bonchev–Trinajstić information content (AvgIpc) is 2.58. The fourth-order valence-electron chi connectivity index (χ4n) is 2.74. The number of aromatic nitrogens is 2. The van der Waals surface area contributed by atoms with Gasteiger partial charge in [0, 0.05) is 38.4 Å². The van der Waals surface area contributed by atoms with Crippen LogP contribution in [0.25, 0.3) is 0 Å². The lowest BCUT2D eigenvalue weighted by Gasteiger charge is -2.36. The van der Waals surface area contributed by atoms with Crippen molar-refractivity contribution in [1.82, 2.24) is 14.5 Å². The Hall–Kier alpha value is -3.03. The third kappa shape index (κ3) is 3.32. The summed E-state index contributed by atoms with van der Waals surface area (Å²) in [6.45, 7) is 2.11.